The maximum Gasteiger partial charge on any atom is 0.270 e. The number of carbonyl (C=O) groups is 1. The van der Waals surface area contributed by atoms with Crippen molar-refractivity contribution in [1.29, 1.82) is 0 Å². The Kier molecular flexibility index (Phi) is 6.55. The van der Waals surface area contributed by atoms with Crippen LogP contribution in [0.1, 0.15) is 47.9 Å². The van der Waals surface area contributed by atoms with E-state index in [1.165, 1.54) is 0 Å². The topological polar surface area (TPSA) is 66.9 Å². The lowest BCUT2D eigenvalue weighted by Gasteiger charge is -2.11. The van der Waals surface area contributed by atoms with E-state index in [-0.39, 0.29) is 5.91 Å². The Bertz CT molecular complexity index is 718. The molecule has 0 aliphatic rings. The van der Waals surface area contributed by atoms with Gasteiger partial charge in [0.2, 0.25) is 5.95 Å². The lowest BCUT2D eigenvalue weighted by Crippen LogP contribution is -2.26. The van der Waals surface area contributed by atoms with Crippen molar-refractivity contribution in [2.24, 2.45) is 0 Å². The largest absolute Gasteiger partial charge is 0.351 e. The second kappa shape index (κ2) is 8.64. The van der Waals surface area contributed by atoms with Gasteiger partial charge < -0.3 is 10.6 Å². The first-order valence-electron chi connectivity index (χ1n) is 8.17. The highest BCUT2D eigenvalue weighted by Crippen LogP contribution is 2.25. The number of amides is 1. The highest BCUT2D eigenvalue weighted by Gasteiger charge is 2.11. The number of halogens is 1. The average Bonchev–Trinajstić information content (AvgIpc) is 2.55. The molecule has 0 aliphatic carbocycles. The third-order valence-corrected chi connectivity index (χ3v) is 4.08. The van der Waals surface area contributed by atoms with Gasteiger partial charge in [-0.15, -0.1) is 0 Å². The summed E-state index contributed by atoms with van der Waals surface area (Å²) in [5.74, 6) is 0.210. The van der Waals surface area contributed by atoms with E-state index in [1.807, 2.05) is 32.0 Å². The van der Waals surface area contributed by atoms with Crippen LogP contribution in [0, 0.1) is 13.8 Å². The summed E-state index contributed by atoms with van der Waals surface area (Å²) >= 11 is 6.13. The Balaban J connectivity index is 2.13. The second-order valence-corrected chi connectivity index (χ2v) is 6.13. The molecule has 0 atom stereocenters. The zero-order valence-corrected chi connectivity index (χ0v) is 15.1. The van der Waals surface area contributed by atoms with E-state index in [2.05, 4.69) is 27.5 Å². The minimum Gasteiger partial charge on any atom is -0.351 e. The van der Waals surface area contributed by atoms with Gasteiger partial charge in [-0.2, -0.15) is 0 Å². The molecule has 1 aromatic carbocycles. The molecule has 6 heteroatoms. The standard InChI is InChI=1S/C18H23ClN4O/c1-4-5-6-10-20-17(24)16-11-12(2)21-18(23-16)22-15-9-7-8-14(19)13(15)3/h7-9,11H,4-6,10H2,1-3H3,(H,20,24)(H,21,22,23). The first-order valence-corrected chi connectivity index (χ1v) is 8.55. The monoisotopic (exact) mass is 346 g/mol. The lowest BCUT2D eigenvalue weighted by molar-refractivity contribution is 0.0948. The molecule has 24 heavy (non-hydrogen) atoms. The van der Waals surface area contributed by atoms with E-state index < -0.39 is 0 Å². The predicted octanol–water partition coefficient (Wildman–Crippen LogP) is 4.41. The van der Waals surface area contributed by atoms with E-state index >= 15 is 0 Å². The molecule has 1 aromatic heterocycles. The minimum atomic E-state index is -0.178. The van der Waals surface area contributed by atoms with Gasteiger partial charge in [-0.3, -0.25) is 4.79 Å². The van der Waals surface area contributed by atoms with Crippen molar-refractivity contribution in [2.45, 2.75) is 40.0 Å². The van der Waals surface area contributed by atoms with Gasteiger partial charge in [0.15, 0.2) is 0 Å². The molecule has 0 fully saturated rings. The van der Waals surface area contributed by atoms with Crippen LogP contribution in [0.15, 0.2) is 24.3 Å². The number of carbonyl (C=O) groups excluding carboxylic acids is 1. The molecule has 1 heterocycles. The predicted molar refractivity (Wildman–Crippen MR) is 98.1 cm³/mol. The van der Waals surface area contributed by atoms with Gasteiger partial charge in [-0.25, -0.2) is 9.97 Å². The molecule has 5 nitrogen and oxygen atoms in total. The summed E-state index contributed by atoms with van der Waals surface area (Å²) in [6.45, 7) is 6.55. The number of aryl methyl sites for hydroxylation is 1. The van der Waals surface area contributed by atoms with Gasteiger partial charge in [0.25, 0.3) is 5.91 Å². The summed E-state index contributed by atoms with van der Waals surface area (Å²) in [7, 11) is 0. The lowest BCUT2D eigenvalue weighted by atomic mass is 10.2. The van der Waals surface area contributed by atoms with E-state index in [9.17, 15) is 4.79 Å². The van der Waals surface area contributed by atoms with Gasteiger partial charge in [-0.1, -0.05) is 37.4 Å². The van der Waals surface area contributed by atoms with Crippen molar-refractivity contribution < 1.29 is 4.79 Å². The van der Waals surface area contributed by atoms with E-state index in [0.29, 0.717) is 23.2 Å². The first kappa shape index (κ1) is 18.2. The Morgan fingerprint density at radius 2 is 2.00 bits per heavy atom. The van der Waals surface area contributed by atoms with Gasteiger partial charge in [0, 0.05) is 22.9 Å². The van der Waals surface area contributed by atoms with Crippen LogP contribution in [0.2, 0.25) is 5.02 Å². The summed E-state index contributed by atoms with van der Waals surface area (Å²) in [5.41, 5.74) is 2.82. The number of rotatable bonds is 7. The molecular formula is C18H23ClN4O. The van der Waals surface area contributed by atoms with E-state index in [0.717, 1.165) is 36.2 Å². The highest BCUT2D eigenvalue weighted by atomic mass is 35.5. The zero-order chi connectivity index (χ0) is 17.5. The quantitative estimate of drug-likeness (QED) is 0.729. The van der Waals surface area contributed by atoms with Crippen LogP contribution in [0.3, 0.4) is 0 Å². The fourth-order valence-electron chi connectivity index (χ4n) is 2.27. The SMILES string of the molecule is CCCCCNC(=O)c1cc(C)nc(Nc2cccc(Cl)c2C)n1. The number of anilines is 2. The molecule has 0 bridgehead atoms. The molecule has 2 rings (SSSR count). The van der Waals surface area contributed by atoms with Crippen molar-refractivity contribution in [3.63, 3.8) is 0 Å². The van der Waals surface area contributed by atoms with Crippen LogP contribution in [-0.2, 0) is 0 Å². The maximum atomic E-state index is 12.2. The molecule has 2 aromatic rings. The molecule has 0 saturated carbocycles. The van der Waals surface area contributed by atoms with Crippen molar-refractivity contribution in [3.05, 3.63) is 46.2 Å². The number of unbranched alkanes of at least 4 members (excludes halogenated alkanes) is 2. The van der Waals surface area contributed by atoms with Crippen LogP contribution in [0.25, 0.3) is 0 Å². The number of hydrogen-bond acceptors (Lipinski definition) is 4. The molecule has 0 spiro atoms. The fraction of sp³-hybridized carbons (Fsp3) is 0.389. The van der Waals surface area contributed by atoms with Gasteiger partial charge >= 0.3 is 0 Å². The third kappa shape index (κ3) is 4.93. The number of nitrogens with zero attached hydrogens (tertiary/aromatic N) is 2. The third-order valence-electron chi connectivity index (χ3n) is 3.67. The summed E-state index contributed by atoms with van der Waals surface area (Å²) in [4.78, 5) is 20.9. The van der Waals surface area contributed by atoms with Crippen molar-refractivity contribution in [3.8, 4) is 0 Å². The molecule has 0 saturated heterocycles. The van der Waals surface area contributed by atoms with Crippen LogP contribution < -0.4 is 10.6 Å². The van der Waals surface area contributed by atoms with Gasteiger partial charge in [0.05, 0.1) is 0 Å². The smallest absolute Gasteiger partial charge is 0.270 e. The fourth-order valence-corrected chi connectivity index (χ4v) is 2.45. The van der Waals surface area contributed by atoms with Crippen LogP contribution in [-0.4, -0.2) is 22.4 Å². The Labute approximate surface area is 147 Å². The Hall–Kier alpha value is -2.14. The van der Waals surface area contributed by atoms with Crippen molar-refractivity contribution in [2.75, 3.05) is 11.9 Å². The van der Waals surface area contributed by atoms with Crippen molar-refractivity contribution in [1.82, 2.24) is 15.3 Å². The molecular weight excluding hydrogens is 324 g/mol. The van der Waals surface area contributed by atoms with Crippen LogP contribution in [0.5, 0.6) is 0 Å². The molecule has 128 valence electrons. The molecule has 2 N–H and O–H groups in total. The summed E-state index contributed by atoms with van der Waals surface area (Å²) < 4.78 is 0. The minimum absolute atomic E-state index is 0.178. The van der Waals surface area contributed by atoms with E-state index in [4.69, 9.17) is 11.6 Å². The Morgan fingerprint density at radius 3 is 2.75 bits per heavy atom. The van der Waals surface area contributed by atoms with Crippen LogP contribution in [0.4, 0.5) is 11.6 Å². The van der Waals surface area contributed by atoms with Crippen LogP contribution >= 0.6 is 11.6 Å². The average molecular weight is 347 g/mol. The van der Waals surface area contributed by atoms with E-state index in [1.54, 1.807) is 6.07 Å². The number of nitrogens with one attached hydrogen (secondary N) is 2. The molecule has 1 amide bonds. The molecule has 0 aliphatic heterocycles. The van der Waals surface area contributed by atoms with Gasteiger partial charge in [-0.05, 0) is 44.0 Å². The Morgan fingerprint density at radius 1 is 1.21 bits per heavy atom. The first-order chi connectivity index (χ1) is 11.5. The van der Waals surface area contributed by atoms with Crippen molar-refractivity contribution >= 4 is 29.1 Å². The normalized spacial score (nSPS) is 10.5. The summed E-state index contributed by atoms with van der Waals surface area (Å²) in [6.07, 6.45) is 3.19. The zero-order valence-electron chi connectivity index (χ0n) is 14.3. The molecule has 0 unspecified atom stereocenters. The second-order valence-electron chi connectivity index (χ2n) is 5.72. The number of hydrogen-bond donors (Lipinski definition) is 2. The summed E-state index contributed by atoms with van der Waals surface area (Å²) in [5, 5.41) is 6.70. The summed E-state index contributed by atoms with van der Waals surface area (Å²) in [6, 6.07) is 7.27. The number of aromatic nitrogens is 2. The highest BCUT2D eigenvalue weighted by molar-refractivity contribution is 6.31. The molecule has 0 radical (unpaired) electrons. The number of benzene rings is 1. The maximum absolute atomic E-state index is 12.2. The van der Waals surface area contributed by atoms with Gasteiger partial charge in [0.1, 0.15) is 5.69 Å².